The number of hydrogen-bond donors (Lipinski definition) is 1. The van der Waals surface area contributed by atoms with Crippen molar-refractivity contribution < 1.29 is 14.9 Å². The molecule has 0 aliphatic heterocycles. The van der Waals surface area contributed by atoms with E-state index in [2.05, 4.69) is 4.89 Å². The van der Waals surface area contributed by atoms with E-state index in [1.54, 1.807) is 30.3 Å². The minimum atomic E-state index is -0.736. The van der Waals surface area contributed by atoms with Crippen molar-refractivity contribution in [2.24, 2.45) is 0 Å². The smallest absolute Gasteiger partial charge is 0.296 e. The lowest BCUT2D eigenvalue weighted by atomic mass is 10.2. The molecule has 1 N–H and O–H groups in total. The molecule has 0 amide bonds. The van der Waals surface area contributed by atoms with Crippen molar-refractivity contribution in [3.8, 4) is 0 Å². The standard InChI is InChI=1S/C7H6O3.Mg/c8-7(10-9)6-4-2-1-3-5-6;/h1-5,9H;. The van der Waals surface area contributed by atoms with Crippen LogP contribution in [0.1, 0.15) is 10.4 Å². The van der Waals surface area contributed by atoms with Gasteiger partial charge in [-0.05, 0) is 12.1 Å². The fourth-order valence-electron chi connectivity index (χ4n) is 0.627. The number of rotatable bonds is 1. The molecule has 0 aromatic heterocycles. The second kappa shape index (κ2) is 5.12. The molecule has 1 aromatic rings. The van der Waals surface area contributed by atoms with Crippen LogP contribution in [-0.2, 0) is 4.89 Å². The van der Waals surface area contributed by atoms with E-state index in [1.165, 1.54) is 0 Å². The Morgan fingerprint density at radius 1 is 1.27 bits per heavy atom. The third-order valence-corrected chi connectivity index (χ3v) is 1.09. The van der Waals surface area contributed by atoms with E-state index in [0.29, 0.717) is 5.56 Å². The summed E-state index contributed by atoms with van der Waals surface area (Å²) in [5.74, 6) is -0.736. The van der Waals surface area contributed by atoms with Crippen LogP contribution in [0.25, 0.3) is 0 Å². The summed E-state index contributed by atoms with van der Waals surface area (Å²) < 4.78 is 0. The fourth-order valence-corrected chi connectivity index (χ4v) is 0.627. The van der Waals surface area contributed by atoms with Crippen molar-refractivity contribution in [1.82, 2.24) is 0 Å². The first-order chi connectivity index (χ1) is 4.84. The molecule has 0 aliphatic carbocycles. The van der Waals surface area contributed by atoms with E-state index >= 15 is 0 Å². The summed E-state index contributed by atoms with van der Waals surface area (Å²) in [6.07, 6.45) is 0. The number of carbonyl (C=O) groups excluding carboxylic acids is 1. The van der Waals surface area contributed by atoms with Crippen molar-refractivity contribution in [1.29, 1.82) is 0 Å². The topological polar surface area (TPSA) is 46.5 Å². The zero-order valence-electron chi connectivity index (χ0n) is 5.86. The highest BCUT2D eigenvalue weighted by molar-refractivity contribution is 5.88. The zero-order valence-corrected chi connectivity index (χ0v) is 7.27. The summed E-state index contributed by atoms with van der Waals surface area (Å²) in [4.78, 5) is 14.0. The maximum atomic E-state index is 10.5. The first-order valence-corrected chi connectivity index (χ1v) is 2.75. The molecule has 0 saturated carbocycles. The normalized spacial score (nSPS) is 8.09. The molecule has 4 heteroatoms. The largest absolute Gasteiger partial charge is 0.372 e. The van der Waals surface area contributed by atoms with Crippen LogP contribution in [0, 0.1) is 0 Å². The van der Waals surface area contributed by atoms with Crippen LogP contribution in [0.15, 0.2) is 30.3 Å². The predicted molar refractivity (Wildman–Crippen MR) is 40.2 cm³/mol. The van der Waals surface area contributed by atoms with E-state index in [0.717, 1.165) is 0 Å². The molecule has 1 aromatic carbocycles. The van der Waals surface area contributed by atoms with Crippen molar-refractivity contribution in [3.05, 3.63) is 35.9 Å². The van der Waals surface area contributed by atoms with Crippen LogP contribution in [0.3, 0.4) is 0 Å². The Kier molecular flexibility index (Phi) is 4.85. The number of carbonyl (C=O) groups is 1. The average Bonchev–Trinajstić information content (AvgIpc) is 2.05. The minimum absolute atomic E-state index is 0. The van der Waals surface area contributed by atoms with Crippen LogP contribution in [0.5, 0.6) is 0 Å². The van der Waals surface area contributed by atoms with Crippen LogP contribution < -0.4 is 0 Å². The van der Waals surface area contributed by atoms with Gasteiger partial charge in [0.15, 0.2) is 0 Å². The van der Waals surface area contributed by atoms with Gasteiger partial charge in [0, 0.05) is 23.1 Å². The molecular weight excluding hydrogens is 156 g/mol. The molecule has 2 radical (unpaired) electrons. The molecule has 0 fully saturated rings. The summed E-state index contributed by atoms with van der Waals surface area (Å²) in [5, 5.41) is 7.94. The Bertz CT molecular complexity index is 222. The van der Waals surface area contributed by atoms with Gasteiger partial charge < -0.3 is 0 Å². The van der Waals surface area contributed by atoms with Crippen LogP contribution in [0.2, 0.25) is 0 Å². The summed E-state index contributed by atoms with van der Waals surface area (Å²) in [7, 11) is 0. The Morgan fingerprint density at radius 3 is 2.27 bits per heavy atom. The van der Waals surface area contributed by atoms with Gasteiger partial charge in [0.05, 0.1) is 5.56 Å². The molecule has 1 rings (SSSR count). The van der Waals surface area contributed by atoms with Gasteiger partial charge in [0.1, 0.15) is 0 Å². The third kappa shape index (κ3) is 2.88. The van der Waals surface area contributed by atoms with Crippen molar-refractivity contribution in [2.45, 2.75) is 0 Å². The summed E-state index contributed by atoms with van der Waals surface area (Å²) in [6, 6.07) is 8.25. The van der Waals surface area contributed by atoms with Crippen molar-refractivity contribution >= 4 is 29.0 Å². The molecule has 0 saturated heterocycles. The SMILES string of the molecule is O=C(OO)c1ccccc1.[Mg]. The highest BCUT2D eigenvalue weighted by Gasteiger charge is 2.02. The number of hydrogen-bond acceptors (Lipinski definition) is 3. The van der Waals surface area contributed by atoms with E-state index in [-0.39, 0.29) is 23.1 Å². The Hall–Kier alpha value is -0.584. The minimum Gasteiger partial charge on any atom is -0.296 e. The average molecular weight is 162 g/mol. The Balaban J connectivity index is 0.000001000. The van der Waals surface area contributed by atoms with E-state index in [9.17, 15) is 4.79 Å². The van der Waals surface area contributed by atoms with Gasteiger partial charge in [-0.3, -0.25) is 4.89 Å². The highest BCUT2D eigenvalue weighted by Crippen LogP contribution is 1.98. The highest BCUT2D eigenvalue weighted by atomic mass is 24.3. The number of benzene rings is 1. The first kappa shape index (κ1) is 10.4. The molecular formula is C7H6MgO3. The van der Waals surface area contributed by atoms with Gasteiger partial charge in [0.25, 0.3) is 0 Å². The fraction of sp³-hybridized carbons (Fsp3) is 0. The van der Waals surface area contributed by atoms with Gasteiger partial charge in [-0.25, -0.2) is 4.79 Å². The lowest BCUT2D eigenvalue weighted by Gasteiger charge is -1.92. The van der Waals surface area contributed by atoms with Gasteiger partial charge in [0.2, 0.25) is 0 Å². The molecule has 0 spiro atoms. The molecule has 54 valence electrons. The van der Waals surface area contributed by atoms with E-state index in [1.807, 2.05) is 0 Å². The van der Waals surface area contributed by atoms with Crippen molar-refractivity contribution in [3.63, 3.8) is 0 Å². The zero-order chi connectivity index (χ0) is 7.40. The quantitative estimate of drug-likeness (QED) is 0.380. The lowest BCUT2D eigenvalue weighted by Crippen LogP contribution is -2.00. The first-order valence-electron chi connectivity index (χ1n) is 2.75. The molecule has 0 heterocycles. The maximum Gasteiger partial charge on any atom is 0.372 e. The molecule has 11 heavy (non-hydrogen) atoms. The molecule has 0 unspecified atom stereocenters. The van der Waals surface area contributed by atoms with Crippen molar-refractivity contribution in [2.75, 3.05) is 0 Å². The molecule has 3 nitrogen and oxygen atoms in total. The van der Waals surface area contributed by atoms with Gasteiger partial charge in [-0.1, -0.05) is 18.2 Å². The summed E-state index contributed by atoms with van der Waals surface area (Å²) in [6.45, 7) is 0. The van der Waals surface area contributed by atoms with Crippen LogP contribution in [0.4, 0.5) is 0 Å². The molecule has 0 aliphatic rings. The summed E-state index contributed by atoms with van der Waals surface area (Å²) >= 11 is 0. The van der Waals surface area contributed by atoms with Crippen LogP contribution in [-0.4, -0.2) is 34.3 Å². The lowest BCUT2D eigenvalue weighted by molar-refractivity contribution is -0.182. The van der Waals surface area contributed by atoms with Gasteiger partial charge in [-0.15, -0.1) is 0 Å². The Morgan fingerprint density at radius 2 is 1.82 bits per heavy atom. The monoisotopic (exact) mass is 162 g/mol. The maximum absolute atomic E-state index is 10.5. The molecule has 0 bridgehead atoms. The van der Waals surface area contributed by atoms with E-state index in [4.69, 9.17) is 5.26 Å². The summed E-state index contributed by atoms with van der Waals surface area (Å²) in [5.41, 5.74) is 0.338. The Labute approximate surface area is 80.1 Å². The van der Waals surface area contributed by atoms with Gasteiger partial charge in [-0.2, -0.15) is 5.26 Å². The van der Waals surface area contributed by atoms with E-state index < -0.39 is 5.97 Å². The van der Waals surface area contributed by atoms with Crippen LogP contribution >= 0.6 is 0 Å². The molecule has 0 atom stereocenters. The second-order valence-electron chi connectivity index (χ2n) is 1.74. The van der Waals surface area contributed by atoms with Gasteiger partial charge >= 0.3 is 5.97 Å². The second-order valence-corrected chi connectivity index (χ2v) is 1.74. The predicted octanol–water partition coefficient (Wildman–Crippen LogP) is 0.936. The third-order valence-electron chi connectivity index (χ3n) is 1.09.